The summed E-state index contributed by atoms with van der Waals surface area (Å²) in [6, 6.07) is 7.86. The molecule has 1 aromatic carbocycles. The van der Waals surface area contributed by atoms with E-state index in [1.54, 1.807) is 6.21 Å². The van der Waals surface area contributed by atoms with Gasteiger partial charge < -0.3 is 0 Å². The molecule has 4 heteroatoms. The summed E-state index contributed by atoms with van der Waals surface area (Å²) in [6.45, 7) is 2.02. The number of nitrogens with zero attached hydrogens (tertiary/aromatic N) is 2. The van der Waals surface area contributed by atoms with Crippen LogP contribution in [0.15, 0.2) is 41.5 Å². The number of hydrazone groups is 1. The van der Waals surface area contributed by atoms with Crippen LogP contribution in [0.5, 0.6) is 0 Å². The van der Waals surface area contributed by atoms with E-state index in [0.717, 1.165) is 23.4 Å². The second-order valence-electron chi connectivity index (χ2n) is 7.36. The number of aryl methyl sites for hydroxylation is 1. The van der Waals surface area contributed by atoms with Crippen molar-refractivity contribution in [1.29, 1.82) is 0 Å². The molecule has 116 valence electrons. The highest BCUT2D eigenvalue weighted by Crippen LogP contribution is 2.73. The van der Waals surface area contributed by atoms with Crippen molar-refractivity contribution in [2.45, 2.75) is 19.8 Å². The molecule has 0 N–H and O–H groups in total. The van der Waals surface area contributed by atoms with Crippen molar-refractivity contribution < 1.29 is 9.59 Å². The molecule has 1 spiro atoms. The van der Waals surface area contributed by atoms with Gasteiger partial charge in [0.25, 0.3) is 11.8 Å². The van der Waals surface area contributed by atoms with Gasteiger partial charge in [-0.05, 0) is 42.6 Å². The highest BCUT2D eigenvalue weighted by atomic mass is 16.2. The number of carbonyl (C=O) groups excluding carboxylic acids is 2. The molecule has 2 amide bonds. The lowest BCUT2D eigenvalue weighted by Crippen LogP contribution is -2.30. The van der Waals surface area contributed by atoms with E-state index in [-0.39, 0.29) is 40.9 Å². The van der Waals surface area contributed by atoms with E-state index in [1.165, 1.54) is 5.56 Å². The van der Waals surface area contributed by atoms with E-state index < -0.39 is 0 Å². The molecule has 0 aromatic heterocycles. The second kappa shape index (κ2) is 4.19. The van der Waals surface area contributed by atoms with Crippen molar-refractivity contribution in [3.8, 4) is 0 Å². The Bertz CT molecular complexity index is 739. The van der Waals surface area contributed by atoms with Crippen LogP contribution in [0.25, 0.3) is 0 Å². The second-order valence-corrected chi connectivity index (χ2v) is 7.36. The Labute approximate surface area is 134 Å². The van der Waals surface area contributed by atoms with E-state index in [2.05, 4.69) is 17.3 Å². The molecule has 0 unspecified atom stereocenters. The molecule has 1 aromatic rings. The Morgan fingerprint density at radius 1 is 1.04 bits per heavy atom. The van der Waals surface area contributed by atoms with E-state index >= 15 is 0 Å². The van der Waals surface area contributed by atoms with Gasteiger partial charge in [0.1, 0.15) is 0 Å². The number of benzene rings is 1. The Morgan fingerprint density at radius 3 is 2.13 bits per heavy atom. The number of imide groups is 1. The monoisotopic (exact) mass is 306 g/mol. The van der Waals surface area contributed by atoms with Gasteiger partial charge in [-0.3, -0.25) is 9.59 Å². The normalized spacial score (nSPS) is 35.8. The van der Waals surface area contributed by atoms with Crippen LogP contribution in [0.1, 0.15) is 24.0 Å². The fourth-order valence-electron chi connectivity index (χ4n) is 4.95. The van der Waals surface area contributed by atoms with E-state index in [1.807, 2.05) is 31.2 Å². The van der Waals surface area contributed by atoms with Gasteiger partial charge in [0.2, 0.25) is 0 Å². The molecule has 5 rings (SSSR count). The van der Waals surface area contributed by atoms with Crippen LogP contribution < -0.4 is 0 Å². The molecular weight excluding hydrogens is 288 g/mol. The summed E-state index contributed by atoms with van der Waals surface area (Å²) >= 11 is 0. The van der Waals surface area contributed by atoms with Gasteiger partial charge in [-0.2, -0.15) is 10.1 Å². The minimum Gasteiger partial charge on any atom is -0.272 e. The van der Waals surface area contributed by atoms with Crippen molar-refractivity contribution in [3.63, 3.8) is 0 Å². The topological polar surface area (TPSA) is 49.7 Å². The molecule has 2 saturated carbocycles. The lowest BCUT2D eigenvalue weighted by atomic mass is 9.85. The molecule has 4 aliphatic rings. The van der Waals surface area contributed by atoms with Gasteiger partial charge in [0.05, 0.1) is 18.1 Å². The van der Waals surface area contributed by atoms with Crippen molar-refractivity contribution >= 4 is 18.0 Å². The molecule has 3 aliphatic carbocycles. The van der Waals surface area contributed by atoms with Crippen LogP contribution in [0, 0.1) is 36.0 Å². The minimum absolute atomic E-state index is 0.105. The van der Waals surface area contributed by atoms with Gasteiger partial charge in [-0.25, -0.2) is 0 Å². The third-order valence-electron chi connectivity index (χ3n) is 6.23. The Kier molecular flexibility index (Phi) is 2.41. The molecular formula is C19H18N2O2. The first kappa shape index (κ1) is 13.2. The number of rotatable bonds is 2. The van der Waals surface area contributed by atoms with Gasteiger partial charge in [-0.15, -0.1) is 0 Å². The maximum Gasteiger partial charge on any atom is 0.254 e. The lowest BCUT2D eigenvalue weighted by Gasteiger charge is -2.18. The van der Waals surface area contributed by atoms with Crippen LogP contribution in [0.4, 0.5) is 0 Å². The van der Waals surface area contributed by atoms with Crippen molar-refractivity contribution in [2.24, 2.45) is 34.2 Å². The van der Waals surface area contributed by atoms with Gasteiger partial charge in [-0.1, -0.05) is 42.0 Å². The van der Waals surface area contributed by atoms with Gasteiger partial charge >= 0.3 is 0 Å². The highest BCUT2D eigenvalue weighted by molar-refractivity contribution is 6.07. The molecule has 0 radical (unpaired) electrons. The quantitative estimate of drug-likeness (QED) is 0.479. The average molecular weight is 306 g/mol. The van der Waals surface area contributed by atoms with E-state index in [4.69, 9.17) is 0 Å². The zero-order valence-corrected chi connectivity index (χ0v) is 13.0. The fraction of sp³-hybridized carbons (Fsp3) is 0.421. The Hall–Kier alpha value is -2.23. The number of allylic oxidation sites excluding steroid dienone is 2. The smallest absolute Gasteiger partial charge is 0.254 e. The molecule has 23 heavy (non-hydrogen) atoms. The SMILES string of the molecule is Cc1ccc(/C=N\N2C(=O)[C@@H]3[C@@H](C2=O)[C@H]2C=C[C@H]3C23CC3)cc1. The van der Waals surface area contributed by atoms with Crippen LogP contribution in [0.2, 0.25) is 0 Å². The molecule has 1 heterocycles. The van der Waals surface area contributed by atoms with Gasteiger partial charge in [0, 0.05) is 0 Å². The predicted molar refractivity (Wildman–Crippen MR) is 85.4 cm³/mol. The number of hydrogen-bond donors (Lipinski definition) is 0. The maximum absolute atomic E-state index is 12.7. The van der Waals surface area contributed by atoms with E-state index in [0.29, 0.717) is 0 Å². The summed E-state index contributed by atoms with van der Waals surface area (Å²) < 4.78 is 0. The number of hydrogen-bond acceptors (Lipinski definition) is 3. The molecule has 4 atom stereocenters. The summed E-state index contributed by atoms with van der Waals surface area (Å²) in [4.78, 5) is 25.5. The summed E-state index contributed by atoms with van der Waals surface area (Å²) in [6.07, 6.45) is 8.29. The average Bonchev–Trinajstić information content (AvgIpc) is 3.15. The van der Waals surface area contributed by atoms with Crippen LogP contribution in [-0.2, 0) is 9.59 Å². The zero-order chi connectivity index (χ0) is 15.8. The first-order valence-electron chi connectivity index (χ1n) is 8.29. The molecule has 3 fully saturated rings. The highest BCUT2D eigenvalue weighted by Gasteiger charge is 2.73. The Balaban J connectivity index is 1.43. The molecule has 2 bridgehead atoms. The molecule has 1 aliphatic heterocycles. The minimum atomic E-state index is -0.171. The molecule has 4 nitrogen and oxygen atoms in total. The van der Waals surface area contributed by atoms with Crippen molar-refractivity contribution in [3.05, 3.63) is 47.5 Å². The standard InChI is InChI=1S/C19H18N2O2/c1-11-2-4-12(5-3-11)10-20-21-17(22)15-13-6-7-14(16(15)18(21)23)19(13)8-9-19/h2-7,10,13-16H,8-9H2,1H3/b20-10-/t13-,14-,15+,16+/m1/s1. The fourth-order valence-corrected chi connectivity index (χ4v) is 4.95. The number of carbonyl (C=O) groups is 2. The van der Waals surface area contributed by atoms with Crippen LogP contribution >= 0.6 is 0 Å². The van der Waals surface area contributed by atoms with Crippen molar-refractivity contribution in [1.82, 2.24) is 5.01 Å². The Morgan fingerprint density at radius 2 is 1.61 bits per heavy atom. The third-order valence-corrected chi connectivity index (χ3v) is 6.23. The largest absolute Gasteiger partial charge is 0.272 e. The number of fused-ring (bicyclic) bond motifs is 3. The summed E-state index contributed by atoms with van der Waals surface area (Å²) in [5.41, 5.74) is 2.31. The first-order valence-corrected chi connectivity index (χ1v) is 8.29. The maximum atomic E-state index is 12.7. The zero-order valence-electron chi connectivity index (χ0n) is 13.0. The third kappa shape index (κ3) is 1.58. The first-order chi connectivity index (χ1) is 11.1. The number of amides is 2. The van der Waals surface area contributed by atoms with Crippen LogP contribution in [0.3, 0.4) is 0 Å². The van der Waals surface area contributed by atoms with Crippen LogP contribution in [-0.4, -0.2) is 23.0 Å². The summed E-state index contributed by atoms with van der Waals surface area (Å²) in [5, 5.41) is 5.34. The van der Waals surface area contributed by atoms with E-state index in [9.17, 15) is 9.59 Å². The van der Waals surface area contributed by atoms with Crippen molar-refractivity contribution in [2.75, 3.05) is 0 Å². The summed E-state index contributed by atoms with van der Waals surface area (Å²) in [7, 11) is 0. The van der Waals surface area contributed by atoms with Gasteiger partial charge in [0.15, 0.2) is 0 Å². The lowest BCUT2D eigenvalue weighted by molar-refractivity contribution is -0.141. The predicted octanol–water partition coefficient (Wildman–Crippen LogP) is 2.53. The molecule has 1 saturated heterocycles. The summed E-state index contributed by atoms with van der Waals surface area (Å²) in [5.74, 6) is -0.0367.